The van der Waals surface area contributed by atoms with Crippen molar-refractivity contribution in [1.82, 2.24) is 0 Å². The fourth-order valence-electron chi connectivity index (χ4n) is 1.61. The van der Waals surface area contributed by atoms with Crippen LogP contribution in [0.25, 0.3) is 0 Å². The molecule has 1 aromatic carbocycles. The van der Waals surface area contributed by atoms with Crippen LogP contribution < -0.4 is 0 Å². The second-order valence-corrected chi connectivity index (χ2v) is 5.97. The molecule has 0 spiro atoms. The van der Waals surface area contributed by atoms with Gasteiger partial charge in [-0.25, -0.2) is 4.39 Å². The lowest BCUT2D eigenvalue weighted by molar-refractivity contribution is 0.219. The molecule has 1 N–H and O–H groups in total. The predicted molar refractivity (Wildman–Crippen MR) is 69.5 cm³/mol. The zero-order valence-electron chi connectivity index (χ0n) is 8.88. The SMILES string of the molecule is Cc1ccc(F)cc1C(O)c1cc(Cl)sc1Cl. The minimum atomic E-state index is -0.957. The maximum absolute atomic E-state index is 13.2. The van der Waals surface area contributed by atoms with E-state index in [0.717, 1.165) is 5.56 Å². The second-order valence-electron chi connectivity index (χ2n) is 3.68. The van der Waals surface area contributed by atoms with Crippen LogP contribution >= 0.6 is 34.5 Å². The lowest BCUT2D eigenvalue weighted by atomic mass is 9.99. The Labute approximate surface area is 112 Å². The van der Waals surface area contributed by atoms with Crippen LogP contribution in [0.15, 0.2) is 24.3 Å². The van der Waals surface area contributed by atoms with Crippen LogP contribution in [0.2, 0.25) is 8.67 Å². The molecule has 0 fully saturated rings. The topological polar surface area (TPSA) is 20.2 Å². The van der Waals surface area contributed by atoms with Gasteiger partial charge in [-0.2, -0.15) is 0 Å². The highest BCUT2D eigenvalue weighted by molar-refractivity contribution is 7.20. The van der Waals surface area contributed by atoms with E-state index in [4.69, 9.17) is 23.2 Å². The van der Waals surface area contributed by atoms with Gasteiger partial charge in [0, 0.05) is 5.56 Å². The second kappa shape index (κ2) is 4.94. The smallest absolute Gasteiger partial charge is 0.123 e. The normalized spacial score (nSPS) is 12.8. The van der Waals surface area contributed by atoms with Gasteiger partial charge >= 0.3 is 0 Å². The summed E-state index contributed by atoms with van der Waals surface area (Å²) < 4.78 is 14.1. The molecule has 2 aromatic rings. The lowest BCUT2D eigenvalue weighted by Crippen LogP contribution is -2.02. The summed E-state index contributed by atoms with van der Waals surface area (Å²) in [5.74, 6) is -0.387. The summed E-state index contributed by atoms with van der Waals surface area (Å²) in [6.45, 7) is 1.81. The molecule has 2 rings (SSSR count). The Morgan fingerprint density at radius 1 is 1.24 bits per heavy atom. The molecule has 1 nitrogen and oxygen atoms in total. The maximum atomic E-state index is 13.2. The Morgan fingerprint density at radius 3 is 2.53 bits per heavy atom. The standard InChI is InChI=1S/C12H9Cl2FOS/c1-6-2-3-7(15)4-8(6)11(16)9-5-10(13)17-12(9)14/h2-5,11,16H,1H3. The van der Waals surface area contributed by atoms with Crippen LogP contribution in [-0.4, -0.2) is 5.11 Å². The van der Waals surface area contributed by atoms with Crippen molar-refractivity contribution in [2.45, 2.75) is 13.0 Å². The van der Waals surface area contributed by atoms with Crippen molar-refractivity contribution in [2.75, 3.05) is 0 Å². The van der Waals surface area contributed by atoms with Gasteiger partial charge in [-0.15, -0.1) is 11.3 Å². The summed E-state index contributed by atoms with van der Waals surface area (Å²) >= 11 is 13.0. The maximum Gasteiger partial charge on any atom is 0.123 e. The number of rotatable bonds is 2. The van der Waals surface area contributed by atoms with Gasteiger partial charge in [0.2, 0.25) is 0 Å². The van der Waals surface area contributed by atoms with E-state index in [0.29, 0.717) is 19.8 Å². The summed E-state index contributed by atoms with van der Waals surface area (Å²) in [4.78, 5) is 0. The van der Waals surface area contributed by atoms with E-state index in [2.05, 4.69) is 0 Å². The molecule has 0 aliphatic rings. The number of hydrogen-bond donors (Lipinski definition) is 1. The van der Waals surface area contributed by atoms with Crippen LogP contribution in [0.4, 0.5) is 4.39 Å². The Kier molecular flexibility index (Phi) is 3.73. The summed E-state index contributed by atoms with van der Waals surface area (Å²) in [5.41, 5.74) is 1.81. The van der Waals surface area contributed by atoms with E-state index in [1.807, 2.05) is 0 Å². The Balaban J connectivity index is 2.46. The van der Waals surface area contributed by atoms with Crippen molar-refractivity contribution in [3.8, 4) is 0 Å². The number of halogens is 3. The minimum Gasteiger partial charge on any atom is -0.384 e. The molecule has 17 heavy (non-hydrogen) atoms. The Bertz CT molecular complexity index is 553. The van der Waals surface area contributed by atoms with Gasteiger partial charge < -0.3 is 5.11 Å². The third-order valence-electron chi connectivity index (χ3n) is 2.51. The first kappa shape index (κ1) is 12.8. The highest BCUT2D eigenvalue weighted by Crippen LogP contribution is 2.38. The first-order valence-electron chi connectivity index (χ1n) is 4.88. The molecule has 1 unspecified atom stereocenters. The average molecular weight is 291 g/mol. The van der Waals surface area contributed by atoms with Crippen molar-refractivity contribution in [2.24, 2.45) is 0 Å². The molecule has 5 heteroatoms. The average Bonchev–Trinajstić information content (AvgIpc) is 2.60. The molecule has 0 saturated carbocycles. The van der Waals surface area contributed by atoms with Crippen LogP contribution in [0, 0.1) is 12.7 Å². The molecule has 0 aliphatic carbocycles. The van der Waals surface area contributed by atoms with Gasteiger partial charge in [0.25, 0.3) is 0 Å². The third-order valence-corrected chi connectivity index (χ3v) is 4.03. The molecular weight excluding hydrogens is 282 g/mol. The van der Waals surface area contributed by atoms with E-state index in [1.165, 1.54) is 23.5 Å². The molecule has 1 atom stereocenters. The lowest BCUT2D eigenvalue weighted by Gasteiger charge is -2.13. The zero-order valence-corrected chi connectivity index (χ0v) is 11.2. The molecular formula is C12H9Cl2FOS. The summed E-state index contributed by atoms with van der Waals surface area (Å²) in [6, 6.07) is 5.88. The number of aryl methyl sites for hydroxylation is 1. The van der Waals surface area contributed by atoms with Crippen molar-refractivity contribution in [1.29, 1.82) is 0 Å². The molecule has 1 aromatic heterocycles. The van der Waals surface area contributed by atoms with Gasteiger partial charge in [-0.05, 0) is 36.2 Å². The number of thiophene rings is 1. The largest absolute Gasteiger partial charge is 0.384 e. The fourth-order valence-corrected chi connectivity index (χ4v) is 3.13. The minimum absolute atomic E-state index is 0.387. The number of hydrogen-bond acceptors (Lipinski definition) is 2. The number of aliphatic hydroxyl groups is 1. The first-order valence-corrected chi connectivity index (χ1v) is 6.45. The molecule has 0 amide bonds. The predicted octanol–water partition coefficient (Wildman–Crippen LogP) is 4.58. The molecule has 0 radical (unpaired) electrons. The molecule has 1 heterocycles. The molecule has 0 saturated heterocycles. The van der Waals surface area contributed by atoms with Gasteiger partial charge in [0.15, 0.2) is 0 Å². The van der Waals surface area contributed by atoms with Crippen LogP contribution in [0.1, 0.15) is 22.8 Å². The van der Waals surface area contributed by atoms with E-state index in [-0.39, 0.29) is 5.82 Å². The Morgan fingerprint density at radius 2 is 1.94 bits per heavy atom. The zero-order chi connectivity index (χ0) is 12.6. The number of benzene rings is 1. The summed E-state index contributed by atoms with van der Waals surface area (Å²) in [7, 11) is 0. The monoisotopic (exact) mass is 290 g/mol. The van der Waals surface area contributed by atoms with Crippen molar-refractivity contribution in [3.63, 3.8) is 0 Å². The summed E-state index contributed by atoms with van der Waals surface area (Å²) in [5, 5.41) is 10.2. The highest BCUT2D eigenvalue weighted by Gasteiger charge is 2.19. The molecule has 90 valence electrons. The van der Waals surface area contributed by atoms with Crippen molar-refractivity contribution < 1.29 is 9.50 Å². The first-order chi connectivity index (χ1) is 7.99. The van der Waals surface area contributed by atoms with E-state index in [1.54, 1.807) is 19.1 Å². The molecule has 0 aliphatic heterocycles. The molecule has 0 bridgehead atoms. The van der Waals surface area contributed by atoms with Gasteiger partial charge in [0.1, 0.15) is 16.3 Å². The van der Waals surface area contributed by atoms with Gasteiger partial charge in [-0.3, -0.25) is 0 Å². The summed E-state index contributed by atoms with van der Waals surface area (Å²) in [6.07, 6.45) is -0.957. The Hall–Kier alpha value is -0.610. The van der Waals surface area contributed by atoms with E-state index in [9.17, 15) is 9.50 Å². The van der Waals surface area contributed by atoms with Crippen molar-refractivity contribution >= 4 is 34.5 Å². The van der Waals surface area contributed by atoms with Crippen LogP contribution in [0.3, 0.4) is 0 Å². The quantitative estimate of drug-likeness (QED) is 0.858. The number of aliphatic hydroxyl groups excluding tert-OH is 1. The van der Waals surface area contributed by atoms with Gasteiger partial charge in [0.05, 0.1) is 4.34 Å². The van der Waals surface area contributed by atoms with Crippen molar-refractivity contribution in [3.05, 3.63) is 55.4 Å². The van der Waals surface area contributed by atoms with Crippen LogP contribution in [0.5, 0.6) is 0 Å². The van der Waals surface area contributed by atoms with Gasteiger partial charge in [-0.1, -0.05) is 29.3 Å². The van der Waals surface area contributed by atoms with Crippen LogP contribution in [-0.2, 0) is 0 Å². The fraction of sp³-hybridized carbons (Fsp3) is 0.167. The van der Waals surface area contributed by atoms with E-state index >= 15 is 0 Å². The van der Waals surface area contributed by atoms with E-state index < -0.39 is 6.10 Å². The highest BCUT2D eigenvalue weighted by atomic mass is 35.5. The third kappa shape index (κ3) is 2.63.